The summed E-state index contributed by atoms with van der Waals surface area (Å²) in [4.78, 5) is 16.7. The van der Waals surface area contributed by atoms with Crippen molar-refractivity contribution in [2.24, 2.45) is 0 Å². The molecule has 2 heterocycles. The van der Waals surface area contributed by atoms with Crippen molar-refractivity contribution >= 4 is 28.9 Å². The zero-order valence-corrected chi connectivity index (χ0v) is 12.8. The number of nitrogens with zero attached hydrogens (tertiary/aromatic N) is 2. The Labute approximate surface area is 137 Å². The lowest BCUT2D eigenvalue weighted by Crippen LogP contribution is -2.07. The van der Waals surface area contributed by atoms with E-state index in [0.717, 1.165) is 4.88 Å². The number of halogens is 3. The van der Waals surface area contributed by atoms with Crippen molar-refractivity contribution in [3.05, 3.63) is 57.8 Å². The molecule has 0 amide bonds. The summed E-state index contributed by atoms with van der Waals surface area (Å²) >= 11 is 7.12. The first-order valence-electron chi connectivity index (χ1n) is 6.22. The molecule has 0 aliphatic carbocycles. The Morgan fingerprint density at radius 1 is 1.35 bits per heavy atom. The fourth-order valence-electron chi connectivity index (χ4n) is 1.70. The van der Waals surface area contributed by atoms with Gasteiger partial charge in [-0.1, -0.05) is 22.8 Å². The standard InChI is InChI=1S/C14H7ClF2N2O3S/c15-8-5-10(17)9(16)4-7(8)14(20)21-6-12-18-13(19-22-12)11-2-1-3-23-11/h1-5H,6H2. The summed E-state index contributed by atoms with van der Waals surface area (Å²) in [6.07, 6.45) is 0. The summed E-state index contributed by atoms with van der Waals surface area (Å²) in [6, 6.07) is 5.02. The van der Waals surface area contributed by atoms with E-state index < -0.39 is 17.6 Å². The van der Waals surface area contributed by atoms with Crippen LogP contribution < -0.4 is 0 Å². The second-order valence-electron chi connectivity index (χ2n) is 4.31. The van der Waals surface area contributed by atoms with E-state index in [1.54, 1.807) is 0 Å². The molecule has 0 bridgehead atoms. The van der Waals surface area contributed by atoms with E-state index in [-0.39, 0.29) is 23.1 Å². The lowest BCUT2D eigenvalue weighted by atomic mass is 10.2. The number of carbonyl (C=O) groups excluding carboxylic acids is 1. The molecular formula is C14H7ClF2N2O3S. The Morgan fingerprint density at radius 3 is 2.87 bits per heavy atom. The molecule has 3 aromatic rings. The summed E-state index contributed by atoms with van der Waals surface area (Å²) in [6.45, 7) is -0.313. The van der Waals surface area contributed by atoms with Gasteiger partial charge in [-0.15, -0.1) is 11.3 Å². The van der Waals surface area contributed by atoms with Gasteiger partial charge in [0.2, 0.25) is 5.82 Å². The van der Waals surface area contributed by atoms with E-state index in [4.69, 9.17) is 20.9 Å². The van der Waals surface area contributed by atoms with Gasteiger partial charge in [-0.3, -0.25) is 0 Å². The smallest absolute Gasteiger partial charge is 0.340 e. The van der Waals surface area contributed by atoms with Crippen LogP contribution in [0, 0.1) is 11.6 Å². The minimum Gasteiger partial charge on any atom is -0.452 e. The number of thiophene rings is 1. The van der Waals surface area contributed by atoms with Crippen LogP contribution in [0.2, 0.25) is 5.02 Å². The molecule has 0 N–H and O–H groups in total. The molecule has 1 aromatic carbocycles. The largest absolute Gasteiger partial charge is 0.452 e. The minimum atomic E-state index is -1.20. The molecule has 23 heavy (non-hydrogen) atoms. The monoisotopic (exact) mass is 356 g/mol. The van der Waals surface area contributed by atoms with Crippen LogP contribution in [0.1, 0.15) is 16.2 Å². The fraction of sp³-hybridized carbons (Fsp3) is 0.0714. The van der Waals surface area contributed by atoms with Gasteiger partial charge >= 0.3 is 5.97 Å². The van der Waals surface area contributed by atoms with Gasteiger partial charge in [0.1, 0.15) is 0 Å². The number of carbonyl (C=O) groups is 1. The molecule has 0 aliphatic rings. The van der Waals surface area contributed by atoms with Crippen LogP contribution >= 0.6 is 22.9 Å². The molecular weight excluding hydrogens is 350 g/mol. The van der Waals surface area contributed by atoms with Crippen molar-refractivity contribution in [1.82, 2.24) is 10.1 Å². The van der Waals surface area contributed by atoms with E-state index in [2.05, 4.69) is 10.1 Å². The Kier molecular flexibility index (Phi) is 4.35. The quantitative estimate of drug-likeness (QED) is 0.520. The van der Waals surface area contributed by atoms with Crippen LogP contribution in [-0.2, 0) is 11.3 Å². The number of ether oxygens (including phenoxy) is 1. The van der Waals surface area contributed by atoms with Gasteiger partial charge in [0, 0.05) is 0 Å². The van der Waals surface area contributed by atoms with Crippen molar-refractivity contribution in [3.8, 4) is 10.7 Å². The van der Waals surface area contributed by atoms with Crippen molar-refractivity contribution < 1.29 is 22.8 Å². The lowest BCUT2D eigenvalue weighted by molar-refractivity contribution is 0.0429. The number of aromatic nitrogens is 2. The maximum atomic E-state index is 13.2. The van der Waals surface area contributed by atoms with Gasteiger partial charge in [0.05, 0.1) is 15.5 Å². The third-order valence-electron chi connectivity index (χ3n) is 2.77. The molecule has 0 fully saturated rings. The molecule has 0 radical (unpaired) electrons. The van der Waals surface area contributed by atoms with E-state index in [1.807, 2.05) is 17.5 Å². The maximum Gasteiger partial charge on any atom is 0.340 e. The molecule has 3 rings (SSSR count). The van der Waals surface area contributed by atoms with Crippen molar-refractivity contribution in [2.75, 3.05) is 0 Å². The van der Waals surface area contributed by atoms with Crippen LogP contribution in [-0.4, -0.2) is 16.1 Å². The zero-order chi connectivity index (χ0) is 16.4. The topological polar surface area (TPSA) is 65.2 Å². The van der Waals surface area contributed by atoms with Gasteiger partial charge < -0.3 is 9.26 Å². The maximum absolute atomic E-state index is 13.2. The molecule has 9 heteroatoms. The molecule has 0 atom stereocenters. The average Bonchev–Trinajstić information content (AvgIpc) is 3.19. The molecule has 118 valence electrons. The van der Waals surface area contributed by atoms with E-state index in [1.165, 1.54) is 11.3 Å². The average molecular weight is 357 g/mol. The molecule has 0 saturated heterocycles. The van der Waals surface area contributed by atoms with Gasteiger partial charge in [-0.2, -0.15) is 4.98 Å². The third kappa shape index (κ3) is 3.38. The fourth-order valence-corrected chi connectivity index (χ4v) is 2.58. The Balaban J connectivity index is 1.69. The highest BCUT2D eigenvalue weighted by atomic mass is 35.5. The summed E-state index contributed by atoms with van der Waals surface area (Å²) < 4.78 is 36.0. The Hall–Kier alpha value is -2.32. The van der Waals surface area contributed by atoms with E-state index in [0.29, 0.717) is 18.0 Å². The first kappa shape index (κ1) is 15.6. The lowest BCUT2D eigenvalue weighted by Gasteiger charge is -2.04. The highest BCUT2D eigenvalue weighted by molar-refractivity contribution is 7.13. The van der Waals surface area contributed by atoms with Crippen molar-refractivity contribution in [2.45, 2.75) is 6.61 Å². The van der Waals surface area contributed by atoms with Crippen LogP contribution in [0.15, 0.2) is 34.2 Å². The first-order valence-corrected chi connectivity index (χ1v) is 7.48. The SMILES string of the molecule is O=C(OCc1nc(-c2cccs2)no1)c1cc(F)c(F)cc1Cl. The van der Waals surface area contributed by atoms with E-state index in [9.17, 15) is 13.6 Å². The third-order valence-corrected chi connectivity index (χ3v) is 3.94. The highest BCUT2D eigenvalue weighted by Gasteiger charge is 2.18. The number of esters is 1. The summed E-state index contributed by atoms with van der Waals surface area (Å²) in [5, 5.41) is 5.36. The number of rotatable bonds is 4. The predicted molar refractivity (Wildman–Crippen MR) is 78.1 cm³/mol. The molecule has 5 nitrogen and oxygen atoms in total. The van der Waals surface area contributed by atoms with Gasteiger partial charge in [0.15, 0.2) is 18.2 Å². The molecule has 0 saturated carbocycles. The number of benzene rings is 1. The second-order valence-corrected chi connectivity index (χ2v) is 5.67. The minimum absolute atomic E-state index is 0.0699. The summed E-state index contributed by atoms with van der Waals surface area (Å²) in [5.74, 6) is -2.83. The molecule has 0 aliphatic heterocycles. The van der Waals surface area contributed by atoms with Crippen LogP contribution in [0.5, 0.6) is 0 Å². The summed E-state index contributed by atoms with van der Waals surface area (Å²) in [5.41, 5.74) is -0.288. The number of hydrogen-bond donors (Lipinski definition) is 0. The predicted octanol–water partition coefficient (Wildman–Crippen LogP) is 4.09. The molecule has 0 unspecified atom stereocenters. The van der Waals surface area contributed by atoms with Crippen LogP contribution in [0.25, 0.3) is 10.7 Å². The van der Waals surface area contributed by atoms with Gasteiger partial charge in [0.25, 0.3) is 5.89 Å². The normalized spacial score (nSPS) is 10.7. The molecule has 2 aromatic heterocycles. The Bertz CT molecular complexity index is 852. The van der Waals surface area contributed by atoms with E-state index >= 15 is 0 Å². The Morgan fingerprint density at radius 2 is 2.13 bits per heavy atom. The van der Waals surface area contributed by atoms with Gasteiger partial charge in [-0.25, -0.2) is 13.6 Å². The van der Waals surface area contributed by atoms with Crippen molar-refractivity contribution in [3.63, 3.8) is 0 Å². The first-order chi connectivity index (χ1) is 11.0. The van der Waals surface area contributed by atoms with Crippen LogP contribution in [0.4, 0.5) is 8.78 Å². The summed E-state index contributed by atoms with van der Waals surface area (Å²) in [7, 11) is 0. The molecule has 0 spiro atoms. The van der Waals surface area contributed by atoms with Gasteiger partial charge in [-0.05, 0) is 23.6 Å². The second kappa shape index (κ2) is 6.43. The highest BCUT2D eigenvalue weighted by Crippen LogP contribution is 2.23. The van der Waals surface area contributed by atoms with Crippen molar-refractivity contribution in [1.29, 1.82) is 0 Å². The number of hydrogen-bond acceptors (Lipinski definition) is 6. The zero-order valence-electron chi connectivity index (χ0n) is 11.3. The van der Waals surface area contributed by atoms with Crippen LogP contribution in [0.3, 0.4) is 0 Å².